The number of nitrogens with zero attached hydrogens (tertiary/aromatic N) is 4. The van der Waals surface area contributed by atoms with Crippen molar-refractivity contribution < 1.29 is 4.39 Å². The van der Waals surface area contributed by atoms with Crippen LogP contribution in [0.4, 0.5) is 4.39 Å². The van der Waals surface area contributed by atoms with Crippen LogP contribution in [0.25, 0.3) is 16.7 Å². The van der Waals surface area contributed by atoms with Crippen molar-refractivity contribution >= 4 is 22.6 Å². The Morgan fingerprint density at radius 1 is 1.35 bits per heavy atom. The highest BCUT2D eigenvalue weighted by Gasteiger charge is 2.18. The van der Waals surface area contributed by atoms with Crippen molar-refractivity contribution in [2.75, 3.05) is 0 Å². The second-order valence-corrected chi connectivity index (χ2v) is 5.54. The topological polar surface area (TPSA) is 35.6 Å². The molecule has 0 spiro atoms. The molecule has 0 saturated carbocycles. The summed E-state index contributed by atoms with van der Waals surface area (Å²) in [4.78, 5) is 4.45. The summed E-state index contributed by atoms with van der Waals surface area (Å²) in [6.45, 7) is 3.58. The van der Waals surface area contributed by atoms with Gasteiger partial charge in [0.05, 0.1) is 28.3 Å². The van der Waals surface area contributed by atoms with Gasteiger partial charge >= 0.3 is 0 Å². The van der Waals surface area contributed by atoms with Crippen LogP contribution in [0.15, 0.2) is 24.5 Å². The minimum Gasteiger partial charge on any atom is -0.292 e. The summed E-state index contributed by atoms with van der Waals surface area (Å²) in [6.07, 6.45) is 3.62. The molecule has 2 heterocycles. The van der Waals surface area contributed by atoms with Gasteiger partial charge in [-0.25, -0.2) is 9.37 Å². The summed E-state index contributed by atoms with van der Waals surface area (Å²) < 4.78 is 17.3. The zero-order valence-electron chi connectivity index (χ0n) is 11.4. The summed E-state index contributed by atoms with van der Waals surface area (Å²) in [7, 11) is 1.84. The van der Waals surface area contributed by atoms with Crippen LogP contribution >= 0.6 is 11.6 Å². The number of fused-ring (bicyclic) bond motifs is 1. The number of hydrogen-bond donors (Lipinski definition) is 0. The van der Waals surface area contributed by atoms with E-state index in [1.165, 1.54) is 6.07 Å². The van der Waals surface area contributed by atoms with Crippen LogP contribution in [-0.2, 0) is 7.05 Å². The maximum atomic E-state index is 13.7. The first-order valence-corrected chi connectivity index (χ1v) is 6.72. The van der Waals surface area contributed by atoms with Gasteiger partial charge in [-0.05, 0) is 25.5 Å². The molecule has 20 heavy (non-hydrogen) atoms. The second-order valence-electron chi connectivity index (χ2n) is 4.88. The zero-order valence-corrected chi connectivity index (χ0v) is 12.2. The van der Waals surface area contributed by atoms with Crippen LogP contribution in [-0.4, -0.2) is 19.3 Å². The van der Waals surface area contributed by atoms with E-state index in [9.17, 15) is 4.39 Å². The average Bonchev–Trinajstić information content (AvgIpc) is 2.94. The third-order valence-electron chi connectivity index (χ3n) is 3.27. The van der Waals surface area contributed by atoms with Crippen molar-refractivity contribution in [2.45, 2.75) is 19.2 Å². The highest BCUT2D eigenvalue weighted by molar-refractivity contribution is 6.20. The molecule has 0 aliphatic heterocycles. The SMILES string of the molecule is Cc1cc2c(cc1F)nc(C(C)Cl)n2-c1cnn(C)c1. The highest BCUT2D eigenvalue weighted by Crippen LogP contribution is 2.29. The molecule has 0 amide bonds. The van der Waals surface area contributed by atoms with Crippen molar-refractivity contribution in [1.29, 1.82) is 0 Å². The van der Waals surface area contributed by atoms with Crippen molar-refractivity contribution in [2.24, 2.45) is 7.05 Å². The van der Waals surface area contributed by atoms with E-state index in [1.807, 2.05) is 24.7 Å². The fourth-order valence-electron chi connectivity index (χ4n) is 2.28. The normalized spacial score (nSPS) is 13.1. The molecule has 0 bridgehead atoms. The first-order chi connectivity index (χ1) is 9.47. The summed E-state index contributed by atoms with van der Waals surface area (Å²) >= 11 is 6.21. The van der Waals surface area contributed by atoms with Gasteiger partial charge in [0.2, 0.25) is 0 Å². The van der Waals surface area contributed by atoms with E-state index in [4.69, 9.17) is 11.6 Å². The Morgan fingerprint density at radius 3 is 2.70 bits per heavy atom. The Bertz CT molecular complexity index is 788. The van der Waals surface area contributed by atoms with Crippen molar-refractivity contribution in [3.05, 3.63) is 41.7 Å². The molecule has 0 fully saturated rings. The number of benzene rings is 1. The molecule has 1 atom stereocenters. The predicted molar refractivity (Wildman–Crippen MR) is 76.8 cm³/mol. The van der Waals surface area contributed by atoms with Gasteiger partial charge < -0.3 is 0 Å². The van der Waals surface area contributed by atoms with Crippen molar-refractivity contribution in [3.8, 4) is 5.69 Å². The molecule has 0 radical (unpaired) electrons. The third kappa shape index (κ3) is 1.98. The van der Waals surface area contributed by atoms with E-state index in [1.54, 1.807) is 23.9 Å². The molecule has 1 aromatic carbocycles. The van der Waals surface area contributed by atoms with E-state index in [0.29, 0.717) is 16.9 Å². The Labute approximate surface area is 120 Å². The Hall–Kier alpha value is -1.88. The molecule has 3 aromatic rings. The van der Waals surface area contributed by atoms with Crippen LogP contribution in [0.2, 0.25) is 0 Å². The Morgan fingerprint density at radius 2 is 2.10 bits per heavy atom. The van der Waals surface area contributed by atoms with E-state index in [2.05, 4.69) is 10.1 Å². The molecule has 0 aliphatic rings. The van der Waals surface area contributed by atoms with Gasteiger partial charge in [-0.1, -0.05) is 0 Å². The van der Waals surface area contributed by atoms with Gasteiger partial charge in [0, 0.05) is 19.3 Å². The van der Waals surface area contributed by atoms with E-state index >= 15 is 0 Å². The van der Waals surface area contributed by atoms with Crippen LogP contribution < -0.4 is 0 Å². The number of halogens is 2. The minimum absolute atomic E-state index is 0.262. The molecule has 4 nitrogen and oxygen atoms in total. The molecular weight excluding hydrogens is 279 g/mol. The lowest BCUT2D eigenvalue weighted by molar-refractivity contribution is 0.620. The van der Waals surface area contributed by atoms with Crippen molar-refractivity contribution in [1.82, 2.24) is 19.3 Å². The summed E-state index contributed by atoms with van der Waals surface area (Å²) in [5.41, 5.74) is 2.87. The van der Waals surface area contributed by atoms with Gasteiger partial charge in [-0.15, -0.1) is 11.6 Å². The maximum Gasteiger partial charge on any atom is 0.132 e. The fraction of sp³-hybridized carbons (Fsp3) is 0.286. The lowest BCUT2D eigenvalue weighted by Gasteiger charge is -2.08. The van der Waals surface area contributed by atoms with Gasteiger partial charge in [-0.3, -0.25) is 9.25 Å². The summed E-state index contributed by atoms with van der Waals surface area (Å²) in [5, 5.41) is 3.88. The molecular formula is C14H14ClFN4. The molecule has 0 saturated heterocycles. The van der Waals surface area contributed by atoms with Crippen LogP contribution in [0.3, 0.4) is 0 Å². The first kappa shape index (κ1) is 13.1. The van der Waals surface area contributed by atoms with Crippen LogP contribution in [0.5, 0.6) is 0 Å². The number of alkyl halides is 1. The number of hydrogen-bond acceptors (Lipinski definition) is 2. The van der Waals surface area contributed by atoms with Gasteiger partial charge in [0.25, 0.3) is 0 Å². The second kappa shape index (κ2) is 4.59. The summed E-state index contributed by atoms with van der Waals surface area (Å²) in [6, 6.07) is 3.23. The first-order valence-electron chi connectivity index (χ1n) is 6.29. The molecule has 104 valence electrons. The largest absolute Gasteiger partial charge is 0.292 e. The molecule has 0 aliphatic carbocycles. The Kier molecular flexibility index (Phi) is 3.01. The maximum absolute atomic E-state index is 13.7. The van der Waals surface area contributed by atoms with Gasteiger partial charge in [0.15, 0.2) is 0 Å². The lowest BCUT2D eigenvalue weighted by atomic mass is 10.2. The van der Waals surface area contributed by atoms with Crippen molar-refractivity contribution in [3.63, 3.8) is 0 Å². The van der Waals surface area contributed by atoms with Gasteiger partial charge in [0.1, 0.15) is 11.6 Å². The number of imidazole rings is 1. The lowest BCUT2D eigenvalue weighted by Crippen LogP contribution is -2.01. The summed E-state index contributed by atoms with van der Waals surface area (Å²) in [5.74, 6) is 0.418. The molecule has 2 aromatic heterocycles. The highest BCUT2D eigenvalue weighted by atomic mass is 35.5. The molecule has 3 rings (SSSR count). The van der Waals surface area contributed by atoms with E-state index in [0.717, 1.165) is 11.2 Å². The molecule has 1 unspecified atom stereocenters. The number of rotatable bonds is 2. The van der Waals surface area contributed by atoms with E-state index in [-0.39, 0.29) is 11.2 Å². The quantitative estimate of drug-likeness (QED) is 0.678. The number of aromatic nitrogens is 4. The number of aryl methyl sites for hydroxylation is 2. The van der Waals surface area contributed by atoms with Crippen LogP contribution in [0.1, 0.15) is 23.7 Å². The van der Waals surface area contributed by atoms with Crippen LogP contribution in [0, 0.1) is 12.7 Å². The minimum atomic E-state index is -0.286. The Balaban J connectivity index is 2.37. The smallest absolute Gasteiger partial charge is 0.132 e. The zero-order chi connectivity index (χ0) is 14.4. The monoisotopic (exact) mass is 292 g/mol. The molecule has 6 heteroatoms. The molecule has 0 N–H and O–H groups in total. The predicted octanol–water partition coefficient (Wildman–Crippen LogP) is 3.51. The van der Waals surface area contributed by atoms with Gasteiger partial charge in [-0.2, -0.15) is 5.10 Å². The third-order valence-corrected chi connectivity index (χ3v) is 3.46. The fourth-order valence-corrected chi connectivity index (χ4v) is 2.43. The average molecular weight is 293 g/mol. The van der Waals surface area contributed by atoms with E-state index < -0.39 is 0 Å². The standard InChI is InChI=1S/C14H14ClFN4/c1-8-4-13-12(5-11(8)16)18-14(9(2)15)20(13)10-6-17-19(3)7-10/h4-7,9H,1-3H3.